The predicted octanol–water partition coefficient (Wildman–Crippen LogP) is 4.00. The van der Waals surface area contributed by atoms with Crippen LogP contribution in [0.25, 0.3) is 11.3 Å². The first-order valence-corrected chi connectivity index (χ1v) is 7.96. The van der Waals surface area contributed by atoms with Crippen molar-refractivity contribution in [2.24, 2.45) is 0 Å². The highest BCUT2D eigenvalue weighted by Crippen LogP contribution is 2.30. The van der Waals surface area contributed by atoms with Crippen molar-refractivity contribution in [3.8, 4) is 11.3 Å². The molecule has 7 heteroatoms. The maximum Gasteiger partial charge on any atom is 0.332 e. The van der Waals surface area contributed by atoms with Crippen molar-refractivity contribution in [2.45, 2.75) is 19.4 Å². The fourth-order valence-electron chi connectivity index (χ4n) is 2.35. The first kappa shape index (κ1) is 15.5. The van der Waals surface area contributed by atoms with Gasteiger partial charge in [0.2, 0.25) is 0 Å². The Labute approximate surface area is 142 Å². The van der Waals surface area contributed by atoms with Crippen LogP contribution in [0.4, 0.5) is 4.79 Å². The summed E-state index contributed by atoms with van der Waals surface area (Å²) in [7, 11) is 0. The summed E-state index contributed by atoms with van der Waals surface area (Å²) in [4.78, 5) is 18.7. The van der Waals surface area contributed by atoms with Gasteiger partial charge >= 0.3 is 6.03 Å². The number of benzene rings is 1. The van der Waals surface area contributed by atoms with Crippen LogP contribution in [0, 0.1) is 0 Å². The molecule has 0 atom stereocenters. The molecule has 0 bridgehead atoms. The van der Waals surface area contributed by atoms with Crippen molar-refractivity contribution in [3.63, 3.8) is 0 Å². The number of amides is 1. The zero-order valence-electron chi connectivity index (χ0n) is 12.2. The molecular formula is C15H15BrClN3O2. The SMILES string of the molecule is CC1(C)COCN1C(=O)n1cnc(-c2ccc(Cl)cc2)c1Br. The summed E-state index contributed by atoms with van der Waals surface area (Å²) in [6, 6.07) is 7.16. The van der Waals surface area contributed by atoms with Crippen LogP contribution in [0.15, 0.2) is 35.2 Å². The Balaban J connectivity index is 1.93. The Morgan fingerprint density at radius 3 is 2.64 bits per heavy atom. The largest absolute Gasteiger partial charge is 0.359 e. The number of aromatic nitrogens is 2. The molecule has 1 saturated heterocycles. The number of imidazole rings is 1. The molecule has 0 unspecified atom stereocenters. The van der Waals surface area contributed by atoms with Crippen LogP contribution in [0.1, 0.15) is 13.8 Å². The average Bonchev–Trinajstić information content (AvgIpc) is 3.02. The minimum Gasteiger partial charge on any atom is -0.359 e. The number of hydrogen-bond acceptors (Lipinski definition) is 3. The summed E-state index contributed by atoms with van der Waals surface area (Å²) in [6.07, 6.45) is 1.52. The zero-order valence-corrected chi connectivity index (χ0v) is 14.6. The van der Waals surface area contributed by atoms with Gasteiger partial charge in [0.25, 0.3) is 0 Å². The third-order valence-electron chi connectivity index (χ3n) is 3.67. The van der Waals surface area contributed by atoms with Crippen molar-refractivity contribution in [1.29, 1.82) is 0 Å². The number of ether oxygens (including phenoxy) is 1. The van der Waals surface area contributed by atoms with E-state index in [1.807, 2.05) is 26.0 Å². The van der Waals surface area contributed by atoms with Crippen molar-refractivity contribution >= 4 is 33.6 Å². The van der Waals surface area contributed by atoms with E-state index in [1.54, 1.807) is 17.0 Å². The molecule has 116 valence electrons. The van der Waals surface area contributed by atoms with E-state index in [1.165, 1.54) is 10.9 Å². The Morgan fingerprint density at radius 2 is 2.05 bits per heavy atom. The van der Waals surface area contributed by atoms with E-state index in [9.17, 15) is 4.79 Å². The monoisotopic (exact) mass is 383 g/mol. The lowest BCUT2D eigenvalue weighted by molar-refractivity contribution is 0.140. The van der Waals surface area contributed by atoms with Crippen LogP contribution in [-0.4, -0.2) is 39.4 Å². The molecule has 0 radical (unpaired) electrons. The maximum absolute atomic E-state index is 12.7. The minimum absolute atomic E-state index is 0.165. The van der Waals surface area contributed by atoms with E-state index in [0.29, 0.717) is 21.9 Å². The third kappa shape index (κ3) is 2.66. The molecule has 0 saturated carbocycles. The number of carbonyl (C=O) groups excluding carboxylic acids is 1. The Bertz CT molecular complexity index is 712. The van der Waals surface area contributed by atoms with Gasteiger partial charge in [-0.15, -0.1) is 0 Å². The van der Waals surface area contributed by atoms with Crippen molar-refractivity contribution < 1.29 is 9.53 Å². The van der Waals surface area contributed by atoms with Gasteiger partial charge in [-0.1, -0.05) is 23.7 Å². The lowest BCUT2D eigenvalue weighted by Crippen LogP contribution is -2.46. The summed E-state index contributed by atoms with van der Waals surface area (Å²) in [5.74, 6) is 0. The second-order valence-corrected chi connectivity index (χ2v) is 6.95. The second kappa shape index (κ2) is 5.68. The molecule has 1 fully saturated rings. The smallest absolute Gasteiger partial charge is 0.332 e. The van der Waals surface area contributed by atoms with E-state index in [4.69, 9.17) is 16.3 Å². The van der Waals surface area contributed by atoms with E-state index < -0.39 is 0 Å². The number of nitrogens with zero attached hydrogens (tertiary/aromatic N) is 3. The summed E-state index contributed by atoms with van der Waals surface area (Å²) in [5, 5.41) is 0.659. The molecule has 2 heterocycles. The van der Waals surface area contributed by atoms with E-state index >= 15 is 0 Å². The molecule has 1 aromatic heterocycles. The van der Waals surface area contributed by atoms with E-state index in [2.05, 4.69) is 20.9 Å². The fraction of sp³-hybridized carbons (Fsp3) is 0.333. The van der Waals surface area contributed by atoms with Crippen molar-refractivity contribution in [2.75, 3.05) is 13.3 Å². The predicted molar refractivity (Wildman–Crippen MR) is 87.9 cm³/mol. The normalized spacial score (nSPS) is 17.0. The quantitative estimate of drug-likeness (QED) is 0.746. The first-order valence-electron chi connectivity index (χ1n) is 6.79. The molecule has 0 N–H and O–H groups in total. The topological polar surface area (TPSA) is 47.4 Å². The molecule has 5 nitrogen and oxygen atoms in total. The summed E-state index contributed by atoms with van der Waals surface area (Å²) in [6.45, 7) is 4.76. The highest BCUT2D eigenvalue weighted by molar-refractivity contribution is 9.10. The molecule has 0 aliphatic carbocycles. The molecular weight excluding hydrogens is 370 g/mol. The van der Waals surface area contributed by atoms with Gasteiger partial charge in [-0.2, -0.15) is 0 Å². The van der Waals surface area contributed by atoms with Crippen LogP contribution in [0.2, 0.25) is 5.02 Å². The minimum atomic E-state index is -0.332. The third-order valence-corrected chi connectivity index (χ3v) is 4.68. The number of rotatable bonds is 1. The Hall–Kier alpha value is -1.37. The molecule has 1 amide bonds. The standard InChI is InChI=1S/C15H15BrClN3O2/c1-15(2)7-22-9-20(15)14(21)19-8-18-12(13(19)16)10-3-5-11(17)6-4-10/h3-6,8H,7,9H2,1-2H3. The van der Waals surface area contributed by atoms with Gasteiger partial charge in [-0.25, -0.2) is 14.3 Å². The molecule has 2 aromatic rings. The van der Waals surface area contributed by atoms with Gasteiger partial charge < -0.3 is 4.74 Å². The van der Waals surface area contributed by atoms with Gasteiger partial charge in [-0.05, 0) is 41.9 Å². The fourth-order valence-corrected chi connectivity index (χ4v) is 3.05. The molecule has 1 aliphatic heterocycles. The van der Waals surface area contributed by atoms with Crippen LogP contribution in [0.3, 0.4) is 0 Å². The summed E-state index contributed by atoms with van der Waals surface area (Å²) in [5.41, 5.74) is 1.25. The van der Waals surface area contributed by atoms with Crippen LogP contribution in [-0.2, 0) is 4.74 Å². The molecule has 0 spiro atoms. The molecule has 1 aliphatic rings. The number of hydrogen-bond donors (Lipinski definition) is 0. The van der Waals surface area contributed by atoms with Gasteiger partial charge in [-0.3, -0.25) is 4.90 Å². The van der Waals surface area contributed by atoms with Gasteiger partial charge in [0.15, 0.2) is 0 Å². The molecule has 3 rings (SSSR count). The van der Waals surface area contributed by atoms with Crippen LogP contribution >= 0.6 is 27.5 Å². The van der Waals surface area contributed by atoms with Crippen molar-refractivity contribution in [1.82, 2.24) is 14.5 Å². The van der Waals surface area contributed by atoms with Gasteiger partial charge in [0.05, 0.1) is 12.1 Å². The average molecular weight is 385 g/mol. The van der Waals surface area contributed by atoms with E-state index in [-0.39, 0.29) is 18.3 Å². The van der Waals surface area contributed by atoms with Crippen molar-refractivity contribution in [3.05, 3.63) is 40.2 Å². The van der Waals surface area contributed by atoms with Gasteiger partial charge in [0, 0.05) is 10.6 Å². The van der Waals surface area contributed by atoms with Gasteiger partial charge in [0.1, 0.15) is 23.4 Å². The number of halogens is 2. The summed E-state index contributed by atoms with van der Waals surface area (Å²) < 4.78 is 7.50. The Kier molecular flexibility index (Phi) is 4.01. The highest BCUT2D eigenvalue weighted by atomic mass is 79.9. The molecule has 22 heavy (non-hydrogen) atoms. The maximum atomic E-state index is 12.7. The lowest BCUT2D eigenvalue weighted by atomic mass is 10.1. The first-order chi connectivity index (χ1) is 10.4. The highest BCUT2D eigenvalue weighted by Gasteiger charge is 2.38. The Morgan fingerprint density at radius 1 is 1.36 bits per heavy atom. The summed E-state index contributed by atoms with van der Waals surface area (Å²) >= 11 is 9.37. The molecule has 1 aromatic carbocycles. The zero-order chi connectivity index (χ0) is 15.9. The second-order valence-electron chi connectivity index (χ2n) is 5.76. The van der Waals surface area contributed by atoms with Crippen LogP contribution < -0.4 is 0 Å². The van der Waals surface area contributed by atoms with E-state index in [0.717, 1.165) is 5.56 Å². The van der Waals surface area contributed by atoms with Crippen LogP contribution in [0.5, 0.6) is 0 Å². The lowest BCUT2D eigenvalue weighted by Gasteiger charge is -2.29. The number of carbonyl (C=O) groups is 1.